The van der Waals surface area contributed by atoms with Crippen LogP contribution in [0.25, 0.3) is 0 Å². The van der Waals surface area contributed by atoms with Crippen LogP contribution in [-0.4, -0.2) is 37.5 Å². The molecule has 1 unspecified atom stereocenters. The van der Waals surface area contributed by atoms with Gasteiger partial charge in [0.1, 0.15) is 0 Å². The molecule has 1 aromatic carbocycles. The number of carbonyl (C=O) groups is 1. The van der Waals surface area contributed by atoms with Crippen molar-refractivity contribution in [2.24, 2.45) is 0 Å². The van der Waals surface area contributed by atoms with Gasteiger partial charge in [-0.25, -0.2) is 4.79 Å². The maximum absolute atomic E-state index is 12.0. The maximum atomic E-state index is 12.0. The van der Waals surface area contributed by atoms with Gasteiger partial charge in [-0.15, -0.1) is 0 Å². The Morgan fingerprint density at radius 2 is 2.09 bits per heavy atom. The number of unbranched alkanes of at least 4 members (excludes halogenated alkanes) is 2. The van der Waals surface area contributed by atoms with Crippen molar-refractivity contribution in [3.05, 3.63) is 23.8 Å². The summed E-state index contributed by atoms with van der Waals surface area (Å²) in [6.07, 6.45) is 3.62. The zero-order chi connectivity index (χ0) is 15.9. The Morgan fingerprint density at radius 3 is 2.86 bits per heavy atom. The van der Waals surface area contributed by atoms with Crippen molar-refractivity contribution in [1.82, 2.24) is 4.90 Å². The zero-order valence-electron chi connectivity index (χ0n) is 13.6. The van der Waals surface area contributed by atoms with Crippen LogP contribution in [0.15, 0.2) is 18.2 Å². The molecule has 1 amide bonds. The fourth-order valence-electron chi connectivity index (χ4n) is 2.34. The molecule has 0 spiro atoms. The molecule has 0 radical (unpaired) electrons. The van der Waals surface area contributed by atoms with Gasteiger partial charge in [0.15, 0.2) is 11.5 Å². The third-order valence-electron chi connectivity index (χ3n) is 3.89. The minimum atomic E-state index is -0.260. The van der Waals surface area contributed by atoms with E-state index >= 15 is 0 Å². The Labute approximate surface area is 132 Å². The Kier molecular flexibility index (Phi) is 5.92. The normalized spacial score (nSPS) is 13.8. The maximum Gasteiger partial charge on any atom is 0.409 e. The second-order valence-electron chi connectivity index (χ2n) is 5.67. The molecule has 1 aromatic rings. The highest BCUT2D eigenvalue weighted by Gasteiger charge is 2.19. The minimum Gasteiger partial charge on any atom is -0.454 e. The number of carbonyl (C=O) groups excluding carboxylic acids is 1. The molecule has 0 bridgehead atoms. The van der Waals surface area contributed by atoms with Gasteiger partial charge in [0, 0.05) is 13.1 Å². The highest BCUT2D eigenvalue weighted by atomic mass is 16.7. The number of likely N-dealkylation sites (N-methyl/N-ethyl adjacent to an activating group) is 1. The van der Waals surface area contributed by atoms with E-state index in [9.17, 15) is 4.79 Å². The summed E-state index contributed by atoms with van der Waals surface area (Å²) in [5.41, 5.74) is 1.11. The molecule has 0 saturated heterocycles. The van der Waals surface area contributed by atoms with Gasteiger partial charge in [0.2, 0.25) is 6.79 Å². The monoisotopic (exact) mass is 307 g/mol. The third-order valence-corrected chi connectivity index (χ3v) is 3.89. The second-order valence-corrected chi connectivity index (χ2v) is 5.67. The van der Waals surface area contributed by atoms with Crippen molar-refractivity contribution in [2.75, 3.05) is 20.4 Å². The Balaban J connectivity index is 1.82. The summed E-state index contributed by atoms with van der Waals surface area (Å²) in [6.45, 7) is 4.91. The topological polar surface area (TPSA) is 48.0 Å². The zero-order valence-corrected chi connectivity index (χ0v) is 13.6. The van der Waals surface area contributed by atoms with Crippen LogP contribution in [0.4, 0.5) is 4.79 Å². The molecule has 5 heteroatoms. The highest BCUT2D eigenvalue weighted by molar-refractivity contribution is 5.67. The van der Waals surface area contributed by atoms with Gasteiger partial charge in [-0.2, -0.15) is 0 Å². The molecule has 2 rings (SSSR count). The Morgan fingerprint density at radius 1 is 1.32 bits per heavy atom. The van der Waals surface area contributed by atoms with Crippen LogP contribution in [0.3, 0.4) is 0 Å². The first-order valence-electron chi connectivity index (χ1n) is 7.90. The molecule has 1 aliphatic heterocycles. The molecule has 1 atom stereocenters. The van der Waals surface area contributed by atoms with E-state index in [1.54, 1.807) is 11.9 Å². The fourth-order valence-corrected chi connectivity index (χ4v) is 2.34. The van der Waals surface area contributed by atoms with Crippen LogP contribution in [0, 0.1) is 0 Å². The van der Waals surface area contributed by atoms with E-state index in [1.807, 2.05) is 25.1 Å². The van der Waals surface area contributed by atoms with Crippen LogP contribution >= 0.6 is 0 Å². The summed E-state index contributed by atoms with van der Waals surface area (Å²) in [5, 5.41) is 0. The Hall–Kier alpha value is -1.91. The summed E-state index contributed by atoms with van der Waals surface area (Å²) in [5.74, 6) is 1.55. The average molecular weight is 307 g/mol. The first kappa shape index (κ1) is 16.5. The largest absolute Gasteiger partial charge is 0.454 e. The first-order chi connectivity index (χ1) is 10.6. The molecule has 0 fully saturated rings. The van der Waals surface area contributed by atoms with Crippen molar-refractivity contribution >= 4 is 6.09 Å². The average Bonchev–Trinajstić information content (AvgIpc) is 2.98. The summed E-state index contributed by atoms with van der Waals surface area (Å²) >= 11 is 0. The number of hydrogen-bond acceptors (Lipinski definition) is 4. The quantitative estimate of drug-likeness (QED) is 0.722. The van der Waals surface area contributed by atoms with Crippen molar-refractivity contribution in [1.29, 1.82) is 0 Å². The van der Waals surface area contributed by atoms with E-state index in [2.05, 4.69) is 6.92 Å². The lowest BCUT2D eigenvalue weighted by atomic mass is 10.1. The number of fused-ring (bicyclic) bond motifs is 1. The number of rotatable bonds is 7. The molecule has 0 N–H and O–H groups in total. The van der Waals surface area contributed by atoms with Crippen LogP contribution in [0.2, 0.25) is 0 Å². The summed E-state index contributed by atoms with van der Waals surface area (Å²) < 4.78 is 16.0. The highest BCUT2D eigenvalue weighted by Crippen LogP contribution is 2.32. The fraction of sp³-hybridized carbons (Fsp3) is 0.588. The lowest BCUT2D eigenvalue weighted by Gasteiger charge is -2.24. The number of hydrogen-bond donors (Lipinski definition) is 0. The van der Waals surface area contributed by atoms with Crippen molar-refractivity contribution < 1.29 is 19.0 Å². The number of benzene rings is 1. The standard InChI is InChI=1S/C17H25NO4/c1-4-5-6-9-20-17(19)18(3)13(2)10-14-7-8-15-16(11-14)22-12-21-15/h7-8,11,13H,4-6,9-10,12H2,1-3H3. The predicted octanol–water partition coefficient (Wildman–Crippen LogP) is 3.60. The van der Waals surface area contributed by atoms with Gasteiger partial charge < -0.3 is 19.1 Å². The van der Waals surface area contributed by atoms with Gasteiger partial charge in [-0.3, -0.25) is 0 Å². The second kappa shape index (κ2) is 7.92. The molecule has 122 valence electrons. The summed E-state index contributed by atoms with van der Waals surface area (Å²) in [7, 11) is 1.78. The van der Waals surface area contributed by atoms with Crippen LogP contribution in [0.5, 0.6) is 11.5 Å². The predicted molar refractivity (Wildman–Crippen MR) is 84.4 cm³/mol. The van der Waals surface area contributed by atoms with Gasteiger partial charge >= 0.3 is 6.09 Å². The van der Waals surface area contributed by atoms with Gasteiger partial charge in [-0.1, -0.05) is 25.8 Å². The molecule has 0 saturated carbocycles. The molecule has 0 aliphatic carbocycles. The van der Waals surface area contributed by atoms with E-state index in [0.717, 1.165) is 42.7 Å². The Bertz CT molecular complexity index is 503. The molecule has 1 heterocycles. The molecule has 5 nitrogen and oxygen atoms in total. The number of amides is 1. The van der Waals surface area contributed by atoms with Crippen molar-refractivity contribution in [3.8, 4) is 11.5 Å². The van der Waals surface area contributed by atoms with Gasteiger partial charge in [-0.05, 0) is 37.5 Å². The van der Waals surface area contributed by atoms with E-state index in [0.29, 0.717) is 6.61 Å². The van der Waals surface area contributed by atoms with Crippen molar-refractivity contribution in [2.45, 2.75) is 45.6 Å². The van der Waals surface area contributed by atoms with Crippen LogP contribution in [-0.2, 0) is 11.2 Å². The molecule has 1 aliphatic rings. The minimum absolute atomic E-state index is 0.0547. The molecule has 0 aromatic heterocycles. The molecule has 22 heavy (non-hydrogen) atoms. The summed E-state index contributed by atoms with van der Waals surface area (Å²) in [4.78, 5) is 13.6. The third kappa shape index (κ3) is 4.29. The van der Waals surface area contributed by atoms with Crippen molar-refractivity contribution in [3.63, 3.8) is 0 Å². The van der Waals surface area contributed by atoms with Gasteiger partial charge in [0.25, 0.3) is 0 Å². The van der Waals surface area contributed by atoms with E-state index < -0.39 is 0 Å². The number of ether oxygens (including phenoxy) is 3. The smallest absolute Gasteiger partial charge is 0.409 e. The first-order valence-corrected chi connectivity index (χ1v) is 7.90. The van der Waals surface area contributed by atoms with E-state index in [4.69, 9.17) is 14.2 Å². The lowest BCUT2D eigenvalue weighted by Crippen LogP contribution is -2.37. The van der Waals surface area contributed by atoms with E-state index in [-0.39, 0.29) is 18.9 Å². The molecular formula is C17H25NO4. The number of nitrogens with zero attached hydrogens (tertiary/aromatic N) is 1. The van der Waals surface area contributed by atoms with Crippen LogP contribution < -0.4 is 9.47 Å². The SMILES string of the molecule is CCCCCOC(=O)N(C)C(C)Cc1ccc2c(c1)OCO2. The van der Waals surface area contributed by atoms with Crippen LogP contribution in [0.1, 0.15) is 38.7 Å². The molecular weight excluding hydrogens is 282 g/mol. The van der Waals surface area contributed by atoms with E-state index in [1.165, 1.54) is 0 Å². The lowest BCUT2D eigenvalue weighted by molar-refractivity contribution is 0.0979. The summed E-state index contributed by atoms with van der Waals surface area (Å²) in [6, 6.07) is 5.94. The van der Waals surface area contributed by atoms with Gasteiger partial charge in [0.05, 0.1) is 6.61 Å².